The van der Waals surface area contributed by atoms with Crippen LogP contribution in [0, 0.1) is 13.8 Å². The normalized spacial score (nSPS) is 18.1. The van der Waals surface area contributed by atoms with Crippen molar-refractivity contribution in [3.63, 3.8) is 0 Å². The van der Waals surface area contributed by atoms with Crippen LogP contribution in [0.1, 0.15) is 43.9 Å². The first-order valence-electron chi connectivity index (χ1n) is 14.2. The number of amides is 2. The lowest BCUT2D eigenvalue weighted by Crippen LogP contribution is -2.52. The molecule has 3 aliphatic rings. The minimum Gasteiger partial charge on any atom is -0.454 e. The standard InChI is InChI=1S/C35H25ClN2O6/c1-19-13-23-28(14-20(19)2)44-32-30(31(23)39)35(38(33(32)40)16-21-11-12-27-29(15-21)43-18-42-27)24-8-4-6-10-26(24)37(34(35)41)17-22-7-3-5-9-25(22)36/h3-15H,16-18H2,1-2H3. The molecule has 8 nitrogen and oxygen atoms in total. The summed E-state index contributed by atoms with van der Waals surface area (Å²) in [4.78, 5) is 47.2. The van der Waals surface area contributed by atoms with E-state index in [0.717, 1.165) is 16.7 Å². The summed E-state index contributed by atoms with van der Waals surface area (Å²) in [5.74, 6) is 0.0421. The van der Waals surface area contributed by atoms with Gasteiger partial charge in [0.1, 0.15) is 5.58 Å². The van der Waals surface area contributed by atoms with Gasteiger partial charge in [-0.05, 0) is 72.5 Å². The topological polar surface area (TPSA) is 89.3 Å². The number of benzene rings is 4. The van der Waals surface area contributed by atoms with Gasteiger partial charge in [-0.2, -0.15) is 0 Å². The number of carbonyl (C=O) groups excluding carboxylic acids is 2. The van der Waals surface area contributed by atoms with Crippen LogP contribution in [-0.4, -0.2) is 23.5 Å². The molecule has 5 aromatic rings. The zero-order valence-corrected chi connectivity index (χ0v) is 24.6. The van der Waals surface area contributed by atoms with Gasteiger partial charge in [0.25, 0.3) is 11.8 Å². The molecule has 218 valence electrons. The minimum atomic E-state index is -1.77. The minimum absolute atomic E-state index is 0.00746. The smallest absolute Gasteiger partial charge is 0.291 e. The molecule has 0 N–H and O–H groups in total. The number of anilines is 1. The number of fused-ring (bicyclic) bond motifs is 6. The van der Waals surface area contributed by atoms with Crippen LogP contribution < -0.4 is 19.8 Å². The fourth-order valence-electron chi connectivity index (χ4n) is 6.64. The fourth-order valence-corrected chi connectivity index (χ4v) is 6.84. The number of hydrogen-bond acceptors (Lipinski definition) is 6. The van der Waals surface area contributed by atoms with Gasteiger partial charge >= 0.3 is 0 Å². The molecule has 4 aromatic carbocycles. The van der Waals surface area contributed by atoms with Crippen LogP contribution >= 0.6 is 11.6 Å². The molecule has 1 unspecified atom stereocenters. The molecule has 2 amide bonds. The summed E-state index contributed by atoms with van der Waals surface area (Å²) in [5.41, 5.74) is 2.53. The van der Waals surface area contributed by atoms with E-state index >= 15 is 4.79 Å². The van der Waals surface area contributed by atoms with Crippen LogP contribution in [0.5, 0.6) is 11.5 Å². The van der Waals surface area contributed by atoms with Gasteiger partial charge in [0.05, 0.1) is 23.2 Å². The first-order chi connectivity index (χ1) is 21.3. The second-order valence-electron chi connectivity index (χ2n) is 11.4. The molecule has 4 heterocycles. The molecule has 0 saturated carbocycles. The SMILES string of the molecule is Cc1cc2oc3c(c(=O)c2cc1C)C1(C(=O)N(Cc2ccccc2Cl)c2ccccc21)N(Cc1ccc2c(c1)OCO2)C3=O. The molecule has 9 heteroatoms. The highest BCUT2D eigenvalue weighted by Crippen LogP contribution is 2.53. The van der Waals surface area contributed by atoms with E-state index in [9.17, 15) is 9.59 Å². The molecule has 0 fully saturated rings. The van der Waals surface area contributed by atoms with Gasteiger partial charge in [0.15, 0.2) is 22.5 Å². The Kier molecular flexibility index (Phi) is 5.71. The number of carbonyl (C=O) groups is 2. The Labute approximate surface area is 257 Å². The average Bonchev–Trinajstić information content (AvgIpc) is 3.65. The van der Waals surface area contributed by atoms with Gasteiger partial charge in [-0.3, -0.25) is 14.4 Å². The highest BCUT2D eigenvalue weighted by molar-refractivity contribution is 6.31. The maximum Gasteiger partial charge on any atom is 0.291 e. The number of para-hydroxylation sites is 1. The van der Waals surface area contributed by atoms with E-state index in [0.29, 0.717) is 44.3 Å². The lowest BCUT2D eigenvalue weighted by atomic mass is 9.83. The van der Waals surface area contributed by atoms with Gasteiger partial charge in [-0.15, -0.1) is 0 Å². The van der Waals surface area contributed by atoms with Gasteiger partial charge in [0.2, 0.25) is 12.6 Å². The third kappa shape index (κ3) is 3.55. The van der Waals surface area contributed by atoms with E-state index in [1.807, 2.05) is 56.3 Å². The third-order valence-electron chi connectivity index (χ3n) is 8.92. The quantitative estimate of drug-likeness (QED) is 0.241. The molecule has 0 aliphatic carbocycles. The Morgan fingerprint density at radius 1 is 0.841 bits per heavy atom. The summed E-state index contributed by atoms with van der Waals surface area (Å²) in [5, 5.41) is 0.828. The van der Waals surface area contributed by atoms with Crippen molar-refractivity contribution in [2.45, 2.75) is 32.5 Å². The number of hydrogen-bond donors (Lipinski definition) is 0. The van der Waals surface area contributed by atoms with Crippen LogP contribution in [0.15, 0.2) is 88.1 Å². The van der Waals surface area contributed by atoms with E-state index < -0.39 is 22.8 Å². The van der Waals surface area contributed by atoms with Crippen molar-refractivity contribution in [1.82, 2.24) is 4.90 Å². The summed E-state index contributed by atoms with van der Waals surface area (Å²) in [6, 6.07) is 23.5. The van der Waals surface area contributed by atoms with Crippen molar-refractivity contribution < 1.29 is 23.5 Å². The van der Waals surface area contributed by atoms with Crippen LogP contribution in [0.4, 0.5) is 5.69 Å². The Morgan fingerprint density at radius 2 is 1.59 bits per heavy atom. The third-order valence-corrected chi connectivity index (χ3v) is 9.28. The first kappa shape index (κ1) is 26.5. The molecule has 1 aromatic heterocycles. The van der Waals surface area contributed by atoms with Gasteiger partial charge in [-0.25, -0.2) is 0 Å². The summed E-state index contributed by atoms with van der Waals surface area (Å²) in [6.45, 7) is 4.09. The Hall–Kier alpha value is -5.08. The van der Waals surface area contributed by atoms with Crippen LogP contribution in [0.25, 0.3) is 11.0 Å². The highest BCUT2D eigenvalue weighted by Gasteiger charge is 2.65. The van der Waals surface area contributed by atoms with Gasteiger partial charge < -0.3 is 23.7 Å². The van der Waals surface area contributed by atoms with Crippen molar-refractivity contribution in [2.75, 3.05) is 11.7 Å². The number of nitrogens with zero attached hydrogens (tertiary/aromatic N) is 2. The predicted octanol–water partition coefficient (Wildman–Crippen LogP) is 6.24. The molecule has 0 bridgehead atoms. The van der Waals surface area contributed by atoms with E-state index in [-0.39, 0.29) is 31.2 Å². The number of rotatable bonds is 4. The Morgan fingerprint density at radius 3 is 2.43 bits per heavy atom. The molecule has 44 heavy (non-hydrogen) atoms. The molecule has 0 radical (unpaired) electrons. The zero-order chi connectivity index (χ0) is 30.3. The molecular weight excluding hydrogens is 580 g/mol. The van der Waals surface area contributed by atoms with E-state index in [1.165, 1.54) is 4.90 Å². The highest BCUT2D eigenvalue weighted by atomic mass is 35.5. The van der Waals surface area contributed by atoms with E-state index in [1.54, 1.807) is 41.3 Å². The molecule has 1 spiro atoms. The van der Waals surface area contributed by atoms with Crippen molar-refractivity contribution in [1.29, 1.82) is 0 Å². The monoisotopic (exact) mass is 604 g/mol. The molecule has 0 saturated heterocycles. The largest absolute Gasteiger partial charge is 0.454 e. The van der Waals surface area contributed by atoms with Crippen molar-refractivity contribution in [3.05, 3.63) is 133 Å². The maximum absolute atomic E-state index is 15.1. The molecule has 1 atom stereocenters. The van der Waals surface area contributed by atoms with Gasteiger partial charge in [-0.1, -0.05) is 54.1 Å². The zero-order valence-electron chi connectivity index (χ0n) is 23.8. The lowest BCUT2D eigenvalue weighted by molar-refractivity contribution is -0.126. The summed E-state index contributed by atoms with van der Waals surface area (Å²) < 4.78 is 17.3. The van der Waals surface area contributed by atoms with Crippen LogP contribution in [-0.2, 0) is 23.4 Å². The predicted molar refractivity (Wildman–Crippen MR) is 164 cm³/mol. The number of ether oxygens (including phenoxy) is 2. The van der Waals surface area contributed by atoms with E-state index in [2.05, 4.69) is 0 Å². The van der Waals surface area contributed by atoms with E-state index in [4.69, 9.17) is 25.5 Å². The Balaban J connectivity index is 1.39. The maximum atomic E-state index is 15.1. The number of halogens is 1. The molecule has 8 rings (SSSR count). The Bertz CT molecular complexity index is 2140. The van der Waals surface area contributed by atoms with Crippen molar-refractivity contribution in [3.8, 4) is 11.5 Å². The lowest BCUT2D eigenvalue weighted by Gasteiger charge is -2.34. The van der Waals surface area contributed by atoms with Crippen molar-refractivity contribution >= 4 is 40.1 Å². The summed E-state index contributed by atoms with van der Waals surface area (Å²) in [6.07, 6.45) is 0. The molecular formula is C35H25ClN2O6. The second-order valence-corrected chi connectivity index (χ2v) is 11.8. The fraction of sp³-hybridized carbons (Fsp3) is 0.171. The molecule has 3 aliphatic heterocycles. The van der Waals surface area contributed by atoms with Gasteiger partial charge in [0, 0.05) is 17.1 Å². The number of aryl methyl sites for hydroxylation is 2. The summed E-state index contributed by atoms with van der Waals surface area (Å²) in [7, 11) is 0. The second kappa shape index (κ2) is 9.46. The summed E-state index contributed by atoms with van der Waals surface area (Å²) >= 11 is 6.54. The average molecular weight is 605 g/mol. The van der Waals surface area contributed by atoms with Crippen LogP contribution in [0.2, 0.25) is 5.02 Å². The first-order valence-corrected chi connectivity index (χ1v) is 14.6. The van der Waals surface area contributed by atoms with Crippen molar-refractivity contribution in [2.24, 2.45) is 0 Å². The van der Waals surface area contributed by atoms with Crippen LogP contribution in [0.3, 0.4) is 0 Å².